The van der Waals surface area contributed by atoms with Crippen LogP contribution >= 0.6 is 0 Å². The van der Waals surface area contributed by atoms with Crippen molar-refractivity contribution < 1.29 is 4.52 Å². The molecular weight excluding hydrogens is 322 g/mol. The SMILES string of the molecule is CCCCCCCCCCCc1ccc(-c2noc(C3CNC3)n2)cc1. The van der Waals surface area contributed by atoms with E-state index in [1.54, 1.807) is 0 Å². The van der Waals surface area contributed by atoms with Crippen LogP contribution in [0.25, 0.3) is 11.4 Å². The molecule has 2 heterocycles. The third kappa shape index (κ3) is 5.66. The van der Waals surface area contributed by atoms with Crippen LogP contribution in [0.3, 0.4) is 0 Å². The molecule has 0 unspecified atom stereocenters. The van der Waals surface area contributed by atoms with Crippen molar-refractivity contribution in [2.24, 2.45) is 0 Å². The van der Waals surface area contributed by atoms with Gasteiger partial charge < -0.3 is 9.84 Å². The Labute approximate surface area is 157 Å². The molecule has 0 amide bonds. The minimum absolute atomic E-state index is 0.391. The van der Waals surface area contributed by atoms with Crippen LogP contribution in [0.2, 0.25) is 0 Å². The van der Waals surface area contributed by atoms with Crippen molar-refractivity contribution in [3.05, 3.63) is 35.7 Å². The monoisotopic (exact) mass is 355 g/mol. The molecule has 1 aliphatic rings. The van der Waals surface area contributed by atoms with Gasteiger partial charge in [-0.2, -0.15) is 4.98 Å². The molecule has 4 heteroatoms. The van der Waals surface area contributed by atoms with Crippen LogP contribution in [0.5, 0.6) is 0 Å². The van der Waals surface area contributed by atoms with Gasteiger partial charge >= 0.3 is 0 Å². The molecule has 1 aromatic carbocycles. The van der Waals surface area contributed by atoms with Gasteiger partial charge in [-0.15, -0.1) is 0 Å². The van der Waals surface area contributed by atoms with E-state index in [0.717, 1.165) is 24.5 Å². The van der Waals surface area contributed by atoms with Gasteiger partial charge in [0.15, 0.2) is 0 Å². The Morgan fingerprint density at radius 1 is 0.923 bits per heavy atom. The number of hydrogen-bond acceptors (Lipinski definition) is 4. The number of aromatic nitrogens is 2. The Hall–Kier alpha value is -1.68. The average Bonchev–Trinajstić information content (AvgIpc) is 3.09. The summed E-state index contributed by atoms with van der Waals surface area (Å²) in [5.74, 6) is 1.86. The first-order chi connectivity index (χ1) is 12.9. The zero-order valence-electron chi connectivity index (χ0n) is 16.2. The molecule has 0 saturated carbocycles. The van der Waals surface area contributed by atoms with Gasteiger partial charge in [-0.1, -0.05) is 87.7 Å². The highest BCUT2D eigenvalue weighted by Crippen LogP contribution is 2.23. The molecule has 0 radical (unpaired) electrons. The van der Waals surface area contributed by atoms with E-state index in [4.69, 9.17) is 4.52 Å². The van der Waals surface area contributed by atoms with Crippen molar-refractivity contribution >= 4 is 0 Å². The summed E-state index contributed by atoms with van der Waals surface area (Å²) in [4.78, 5) is 4.54. The van der Waals surface area contributed by atoms with Crippen LogP contribution in [0.4, 0.5) is 0 Å². The number of hydrogen-bond donors (Lipinski definition) is 1. The zero-order valence-corrected chi connectivity index (χ0v) is 16.2. The Kier molecular flexibility index (Phi) is 7.68. The summed E-state index contributed by atoms with van der Waals surface area (Å²) in [5.41, 5.74) is 2.45. The van der Waals surface area contributed by atoms with Gasteiger partial charge in [-0.3, -0.25) is 0 Å². The van der Waals surface area contributed by atoms with Crippen LogP contribution in [-0.4, -0.2) is 23.2 Å². The van der Waals surface area contributed by atoms with E-state index in [2.05, 4.69) is 46.6 Å². The Bertz CT molecular complexity index is 631. The molecule has 1 aromatic heterocycles. The molecule has 26 heavy (non-hydrogen) atoms. The highest BCUT2D eigenvalue weighted by molar-refractivity contribution is 5.54. The van der Waals surface area contributed by atoms with Crippen LogP contribution in [0.1, 0.15) is 82.1 Å². The number of rotatable bonds is 12. The molecule has 2 aromatic rings. The van der Waals surface area contributed by atoms with Gasteiger partial charge in [-0.25, -0.2) is 0 Å². The normalized spacial score (nSPS) is 14.5. The average molecular weight is 356 g/mol. The van der Waals surface area contributed by atoms with E-state index in [-0.39, 0.29) is 0 Å². The summed E-state index contributed by atoms with van der Waals surface area (Å²) in [7, 11) is 0. The van der Waals surface area contributed by atoms with E-state index >= 15 is 0 Å². The lowest BCUT2D eigenvalue weighted by atomic mass is 10.0. The van der Waals surface area contributed by atoms with Crippen molar-refractivity contribution in [2.75, 3.05) is 13.1 Å². The number of nitrogens with zero attached hydrogens (tertiary/aromatic N) is 2. The second-order valence-electron chi connectivity index (χ2n) is 7.59. The molecule has 0 atom stereocenters. The van der Waals surface area contributed by atoms with Gasteiger partial charge in [0, 0.05) is 18.7 Å². The van der Waals surface area contributed by atoms with E-state index in [0.29, 0.717) is 11.7 Å². The van der Waals surface area contributed by atoms with Gasteiger partial charge in [0.25, 0.3) is 0 Å². The molecule has 1 aliphatic heterocycles. The second kappa shape index (κ2) is 10.5. The fraction of sp³-hybridized carbons (Fsp3) is 0.636. The first-order valence-electron chi connectivity index (χ1n) is 10.5. The maximum absolute atomic E-state index is 5.39. The topological polar surface area (TPSA) is 51.0 Å². The molecule has 1 fully saturated rings. The Balaban J connectivity index is 1.33. The largest absolute Gasteiger partial charge is 0.339 e. The number of unbranched alkanes of at least 4 members (excludes halogenated alkanes) is 8. The van der Waals surface area contributed by atoms with E-state index in [1.807, 2.05) is 0 Å². The van der Waals surface area contributed by atoms with Crippen LogP contribution in [0.15, 0.2) is 28.8 Å². The summed E-state index contributed by atoms with van der Waals surface area (Å²) >= 11 is 0. The van der Waals surface area contributed by atoms with E-state index in [1.165, 1.54) is 69.8 Å². The fourth-order valence-corrected chi connectivity index (χ4v) is 3.44. The van der Waals surface area contributed by atoms with Crippen molar-refractivity contribution in [2.45, 2.75) is 77.0 Å². The zero-order chi connectivity index (χ0) is 18.0. The highest BCUT2D eigenvalue weighted by atomic mass is 16.5. The first-order valence-corrected chi connectivity index (χ1v) is 10.5. The fourth-order valence-electron chi connectivity index (χ4n) is 3.44. The van der Waals surface area contributed by atoms with Crippen molar-refractivity contribution in [1.29, 1.82) is 0 Å². The van der Waals surface area contributed by atoms with Gasteiger partial charge in [-0.05, 0) is 18.4 Å². The molecule has 0 bridgehead atoms. The first kappa shape index (κ1) is 19.1. The quantitative estimate of drug-likeness (QED) is 0.511. The highest BCUT2D eigenvalue weighted by Gasteiger charge is 2.25. The van der Waals surface area contributed by atoms with Crippen molar-refractivity contribution in [3.8, 4) is 11.4 Å². The van der Waals surface area contributed by atoms with Gasteiger partial charge in [0.05, 0.1) is 5.92 Å². The third-order valence-corrected chi connectivity index (χ3v) is 5.35. The molecule has 4 nitrogen and oxygen atoms in total. The maximum atomic E-state index is 5.39. The third-order valence-electron chi connectivity index (χ3n) is 5.35. The number of aryl methyl sites for hydroxylation is 1. The summed E-state index contributed by atoms with van der Waals surface area (Å²) in [6.45, 7) is 4.16. The summed E-state index contributed by atoms with van der Waals surface area (Å²) < 4.78 is 5.39. The van der Waals surface area contributed by atoms with Crippen LogP contribution in [-0.2, 0) is 6.42 Å². The Morgan fingerprint density at radius 2 is 1.58 bits per heavy atom. The predicted octanol–water partition coefficient (Wildman–Crippen LogP) is 5.50. The molecule has 142 valence electrons. The van der Waals surface area contributed by atoms with Crippen LogP contribution < -0.4 is 5.32 Å². The molecule has 3 rings (SSSR count). The minimum atomic E-state index is 0.391. The van der Waals surface area contributed by atoms with E-state index < -0.39 is 0 Å². The van der Waals surface area contributed by atoms with Gasteiger partial charge in [0.1, 0.15) is 0 Å². The molecule has 0 spiro atoms. The van der Waals surface area contributed by atoms with Gasteiger partial charge in [0.2, 0.25) is 11.7 Å². The molecule has 0 aliphatic carbocycles. The Morgan fingerprint density at radius 3 is 2.19 bits per heavy atom. The molecular formula is C22H33N3O. The summed E-state index contributed by atoms with van der Waals surface area (Å²) in [6, 6.07) is 8.66. The molecule has 1 saturated heterocycles. The second-order valence-corrected chi connectivity index (χ2v) is 7.59. The minimum Gasteiger partial charge on any atom is -0.339 e. The predicted molar refractivity (Wildman–Crippen MR) is 106 cm³/mol. The maximum Gasteiger partial charge on any atom is 0.232 e. The lowest BCUT2D eigenvalue weighted by Crippen LogP contribution is -2.40. The van der Waals surface area contributed by atoms with E-state index in [9.17, 15) is 0 Å². The number of nitrogens with one attached hydrogen (secondary N) is 1. The lowest BCUT2D eigenvalue weighted by molar-refractivity contribution is 0.308. The summed E-state index contributed by atoms with van der Waals surface area (Å²) in [5, 5.41) is 7.36. The lowest BCUT2D eigenvalue weighted by Gasteiger charge is -2.22. The standard InChI is InChI=1S/C22H33N3O/c1-2-3-4-5-6-7-8-9-10-11-18-12-14-19(15-13-18)21-24-22(26-25-21)20-16-23-17-20/h12-15,20,23H,2-11,16-17H2,1H3. The van der Waals surface area contributed by atoms with Crippen LogP contribution in [0, 0.1) is 0 Å². The van der Waals surface area contributed by atoms with Crippen molar-refractivity contribution in [3.63, 3.8) is 0 Å². The summed E-state index contributed by atoms with van der Waals surface area (Å²) in [6.07, 6.45) is 13.6. The molecule has 1 N–H and O–H groups in total. The smallest absolute Gasteiger partial charge is 0.232 e. The van der Waals surface area contributed by atoms with Crippen molar-refractivity contribution in [1.82, 2.24) is 15.5 Å². The number of benzene rings is 1.